The molecule has 7 aromatic carbocycles. The third-order valence-corrected chi connectivity index (χ3v) is 13.5. The van der Waals surface area contributed by atoms with Crippen LogP contribution < -0.4 is 0 Å². The second kappa shape index (κ2) is 28.4. The predicted octanol–water partition coefficient (Wildman–Crippen LogP) is 10.6. The van der Waals surface area contributed by atoms with Gasteiger partial charge in [-0.1, -0.05) is 212 Å². The van der Waals surface area contributed by atoms with Gasteiger partial charge >= 0.3 is 0 Å². The summed E-state index contributed by atoms with van der Waals surface area (Å²) < 4.78 is 82.7. The van der Waals surface area contributed by atoms with Gasteiger partial charge in [0.25, 0.3) is 0 Å². The number of benzene rings is 7. The lowest BCUT2D eigenvalue weighted by Crippen LogP contribution is -2.66. The van der Waals surface area contributed by atoms with Crippen molar-refractivity contribution in [2.75, 3.05) is 26.4 Å². The van der Waals surface area contributed by atoms with E-state index in [9.17, 15) is 0 Å². The summed E-state index contributed by atoms with van der Waals surface area (Å²) in [5.41, 5.74) is 6.92. The standard InChI is InChI=1S/C64H68O12/c1-8-22-47(23-9-1)36-65-45-55-57(68-38-49-26-12-3-13-27-49)59(69-39-50-28-14-4-15-29-50)62(72-42-53-34-20-7-21-35-53)64(75-55)76-58-56(46-66-37-48-24-10-2-11-25-48)74-63(73-44-54-43-67-54)61(71-41-52-32-18-6-19-33-52)60(58)70-40-51-30-16-5-17-31-51/h1-35,54-64H,36-46H2/t54-,55-,56-,57+,58+,59+,60+,61-,62-,63-,64-/m1/s1. The quantitative estimate of drug-likeness (QED) is 0.0435. The normalized spacial score (nSPS) is 25.2. The van der Waals surface area contributed by atoms with Crippen LogP contribution in [-0.4, -0.2) is 93.9 Å². The Balaban J connectivity index is 1.04. The first-order valence-electron chi connectivity index (χ1n) is 26.4. The molecule has 0 unspecified atom stereocenters. The maximum absolute atomic E-state index is 7.58. The Morgan fingerprint density at radius 1 is 0.289 bits per heavy atom. The van der Waals surface area contributed by atoms with E-state index >= 15 is 0 Å². The third kappa shape index (κ3) is 15.8. The summed E-state index contributed by atoms with van der Waals surface area (Å²) in [6.07, 6.45) is -8.36. The molecule has 0 aliphatic carbocycles. The maximum atomic E-state index is 7.58. The van der Waals surface area contributed by atoms with E-state index < -0.39 is 61.4 Å². The summed E-state index contributed by atoms with van der Waals surface area (Å²) in [6.45, 7) is 3.10. The van der Waals surface area contributed by atoms with Crippen molar-refractivity contribution in [3.8, 4) is 0 Å². The number of hydrogen-bond acceptors (Lipinski definition) is 12. The first kappa shape index (κ1) is 53.5. The molecule has 0 N–H and O–H groups in total. The molecule has 396 valence electrons. The maximum Gasteiger partial charge on any atom is 0.187 e. The zero-order chi connectivity index (χ0) is 51.4. The van der Waals surface area contributed by atoms with Crippen LogP contribution in [0.25, 0.3) is 0 Å². The largest absolute Gasteiger partial charge is 0.374 e. The summed E-state index contributed by atoms with van der Waals surface area (Å²) in [7, 11) is 0. The summed E-state index contributed by atoms with van der Waals surface area (Å²) in [5.74, 6) is 0. The fourth-order valence-corrected chi connectivity index (χ4v) is 9.46. The summed E-state index contributed by atoms with van der Waals surface area (Å²) in [5, 5.41) is 0. The zero-order valence-corrected chi connectivity index (χ0v) is 42.7. The highest BCUT2D eigenvalue weighted by Gasteiger charge is 2.55. The van der Waals surface area contributed by atoms with Crippen molar-refractivity contribution in [2.45, 2.75) is 114 Å². The highest BCUT2D eigenvalue weighted by atomic mass is 16.8. The Hall–Kier alpha value is -5.94. The van der Waals surface area contributed by atoms with Crippen LogP contribution in [0.5, 0.6) is 0 Å². The van der Waals surface area contributed by atoms with Crippen LogP contribution in [0.3, 0.4) is 0 Å². The number of hydrogen-bond donors (Lipinski definition) is 0. The molecule has 11 atom stereocenters. The van der Waals surface area contributed by atoms with Crippen molar-refractivity contribution in [2.24, 2.45) is 0 Å². The van der Waals surface area contributed by atoms with E-state index in [2.05, 4.69) is 0 Å². The summed E-state index contributed by atoms with van der Waals surface area (Å²) in [4.78, 5) is 0. The molecule has 12 heteroatoms. The van der Waals surface area contributed by atoms with Crippen LogP contribution in [0, 0.1) is 0 Å². The van der Waals surface area contributed by atoms with E-state index in [0.717, 1.165) is 38.9 Å². The Bertz CT molecular complexity index is 2670. The SMILES string of the molecule is c1ccc(COC[C@H]2O[C@H](O[C@@H]3[C@H](OCc4ccccc4)[C@@H](OCc4ccccc4)[C@H](OC[C@H]4CO4)O[C@@H]3COCc3ccccc3)[C@H](OCc3ccccc3)[C@@H](OCc3ccccc3)[C@H]2OCc2ccccc2)cc1. The van der Waals surface area contributed by atoms with Gasteiger partial charge in [-0.25, -0.2) is 0 Å². The Labute approximate surface area is 446 Å². The molecule has 0 saturated carbocycles. The molecule has 0 bridgehead atoms. The van der Waals surface area contributed by atoms with Crippen LogP contribution in [0.2, 0.25) is 0 Å². The van der Waals surface area contributed by atoms with Crippen molar-refractivity contribution in [1.29, 1.82) is 0 Å². The van der Waals surface area contributed by atoms with E-state index in [-0.39, 0.29) is 52.4 Å². The summed E-state index contributed by atoms with van der Waals surface area (Å²) in [6, 6.07) is 70.5. The third-order valence-electron chi connectivity index (χ3n) is 13.5. The molecular formula is C64H68O12. The van der Waals surface area contributed by atoms with Gasteiger partial charge in [-0.15, -0.1) is 0 Å². The minimum atomic E-state index is -1.11. The summed E-state index contributed by atoms with van der Waals surface area (Å²) >= 11 is 0. The topological polar surface area (TPSA) is 114 Å². The predicted molar refractivity (Wildman–Crippen MR) is 285 cm³/mol. The van der Waals surface area contributed by atoms with Gasteiger partial charge in [0.05, 0.1) is 72.7 Å². The highest BCUT2D eigenvalue weighted by molar-refractivity contribution is 5.19. The fraction of sp³-hybridized carbons (Fsp3) is 0.344. The minimum Gasteiger partial charge on any atom is -0.374 e. The smallest absolute Gasteiger partial charge is 0.187 e. The zero-order valence-electron chi connectivity index (χ0n) is 42.7. The molecule has 0 spiro atoms. The van der Waals surface area contributed by atoms with Crippen LogP contribution >= 0.6 is 0 Å². The average Bonchev–Trinajstić information content (AvgIpc) is 4.34. The van der Waals surface area contributed by atoms with Crippen molar-refractivity contribution in [1.82, 2.24) is 0 Å². The number of epoxide rings is 1. The van der Waals surface area contributed by atoms with Gasteiger partial charge in [-0.3, -0.25) is 0 Å². The first-order valence-corrected chi connectivity index (χ1v) is 26.4. The second-order valence-corrected chi connectivity index (χ2v) is 19.3. The lowest BCUT2D eigenvalue weighted by atomic mass is 9.95. The van der Waals surface area contributed by atoms with E-state index in [1.807, 2.05) is 212 Å². The minimum absolute atomic E-state index is 0.0482. The molecule has 7 aromatic rings. The lowest BCUT2D eigenvalue weighted by molar-refractivity contribution is -0.378. The van der Waals surface area contributed by atoms with Crippen molar-refractivity contribution < 1.29 is 56.8 Å². The molecule has 3 aliphatic rings. The van der Waals surface area contributed by atoms with E-state index in [1.165, 1.54) is 0 Å². The van der Waals surface area contributed by atoms with Crippen LogP contribution in [0.1, 0.15) is 38.9 Å². The van der Waals surface area contributed by atoms with Gasteiger partial charge in [-0.2, -0.15) is 0 Å². The first-order chi connectivity index (χ1) is 37.7. The monoisotopic (exact) mass is 1030 g/mol. The molecule has 0 amide bonds. The Morgan fingerprint density at radius 3 is 0.947 bits per heavy atom. The van der Waals surface area contributed by atoms with E-state index in [0.29, 0.717) is 26.4 Å². The van der Waals surface area contributed by atoms with Crippen LogP contribution in [0.15, 0.2) is 212 Å². The molecule has 0 aromatic heterocycles. The van der Waals surface area contributed by atoms with Gasteiger partial charge in [0, 0.05) is 0 Å². The van der Waals surface area contributed by atoms with E-state index in [1.54, 1.807) is 0 Å². The molecule has 3 saturated heterocycles. The van der Waals surface area contributed by atoms with Crippen molar-refractivity contribution in [3.05, 3.63) is 251 Å². The van der Waals surface area contributed by atoms with E-state index in [4.69, 9.17) is 56.8 Å². The van der Waals surface area contributed by atoms with Crippen LogP contribution in [0.4, 0.5) is 0 Å². The van der Waals surface area contributed by atoms with Gasteiger partial charge < -0.3 is 56.8 Å². The Kier molecular flexibility index (Phi) is 20.0. The molecule has 76 heavy (non-hydrogen) atoms. The highest BCUT2D eigenvalue weighted by Crippen LogP contribution is 2.37. The molecular weight excluding hydrogens is 961 g/mol. The molecule has 10 rings (SSSR count). The van der Waals surface area contributed by atoms with Crippen molar-refractivity contribution in [3.63, 3.8) is 0 Å². The average molecular weight is 1030 g/mol. The number of rotatable bonds is 28. The number of ether oxygens (including phenoxy) is 12. The van der Waals surface area contributed by atoms with Gasteiger partial charge in [0.2, 0.25) is 0 Å². The lowest BCUT2D eigenvalue weighted by Gasteiger charge is -2.50. The molecule has 12 nitrogen and oxygen atoms in total. The molecule has 3 fully saturated rings. The fourth-order valence-electron chi connectivity index (χ4n) is 9.46. The van der Waals surface area contributed by atoms with Crippen molar-refractivity contribution >= 4 is 0 Å². The molecule has 0 radical (unpaired) electrons. The van der Waals surface area contributed by atoms with Gasteiger partial charge in [0.1, 0.15) is 54.9 Å². The molecule has 3 heterocycles. The Morgan fingerprint density at radius 2 is 0.579 bits per heavy atom. The van der Waals surface area contributed by atoms with Crippen LogP contribution in [-0.2, 0) is 103 Å². The molecule has 3 aliphatic heterocycles. The van der Waals surface area contributed by atoms with Gasteiger partial charge in [0.15, 0.2) is 12.6 Å². The van der Waals surface area contributed by atoms with Gasteiger partial charge in [-0.05, 0) is 38.9 Å². The second-order valence-electron chi connectivity index (χ2n) is 19.3.